The maximum absolute atomic E-state index is 5.33. The average molecular weight is 284 g/mol. The smallest absolute Gasteiger partial charge is 0.237 e. The second-order valence-electron chi connectivity index (χ2n) is 4.45. The lowest BCUT2D eigenvalue weighted by Gasteiger charge is -2.18. The van der Waals surface area contributed by atoms with Crippen molar-refractivity contribution in [2.75, 3.05) is 13.7 Å². The molecule has 3 rings (SSSR count). The first kappa shape index (κ1) is 13.4. The zero-order valence-corrected chi connectivity index (χ0v) is 11.9. The van der Waals surface area contributed by atoms with Crippen molar-refractivity contribution in [3.63, 3.8) is 0 Å². The lowest BCUT2D eigenvalue weighted by molar-refractivity contribution is 0.383. The molecule has 3 aromatic heterocycles. The minimum absolute atomic E-state index is 0.152. The first-order chi connectivity index (χ1) is 10.3. The Morgan fingerprint density at radius 3 is 2.90 bits per heavy atom. The van der Waals surface area contributed by atoms with Crippen LogP contribution in [-0.4, -0.2) is 38.2 Å². The van der Waals surface area contributed by atoms with Crippen LogP contribution >= 0.6 is 0 Å². The summed E-state index contributed by atoms with van der Waals surface area (Å²) in [5, 5.41) is 7.76. The van der Waals surface area contributed by atoms with Crippen molar-refractivity contribution in [2.45, 2.75) is 13.0 Å². The SMILES string of the molecule is CCNC(c1nccnc1OC)c1cnn2ccncc12. The van der Waals surface area contributed by atoms with Crippen molar-refractivity contribution < 1.29 is 4.74 Å². The molecule has 0 aliphatic rings. The van der Waals surface area contributed by atoms with Gasteiger partial charge >= 0.3 is 0 Å². The molecule has 1 unspecified atom stereocenters. The van der Waals surface area contributed by atoms with E-state index in [1.165, 1.54) is 0 Å². The van der Waals surface area contributed by atoms with Gasteiger partial charge in [-0.3, -0.25) is 9.97 Å². The summed E-state index contributed by atoms with van der Waals surface area (Å²) in [7, 11) is 1.59. The van der Waals surface area contributed by atoms with E-state index in [9.17, 15) is 0 Å². The van der Waals surface area contributed by atoms with E-state index < -0.39 is 0 Å². The number of fused-ring (bicyclic) bond motifs is 1. The molecule has 3 aromatic rings. The Hall–Kier alpha value is -2.54. The molecule has 21 heavy (non-hydrogen) atoms. The highest BCUT2D eigenvalue weighted by Crippen LogP contribution is 2.28. The van der Waals surface area contributed by atoms with Crippen LogP contribution in [0, 0.1) is 0 Å². The van der Waals surface area contributed by atoms with Crippen molar-refractivity contribution in [3.05, 3.63) is 48.4 Å². The Morgan fingerprint density at radius 2 is 2.10 bits per heavy atom. The number of nitrogens with one attached hydrogen (secondary N) is 1. The third kappa shape index (κ3) is 2.43. The maximum Gasteiger partial charge on any atom is 0.237 e. The molecule has 108 valence electrons. The van der Waals surface area contributed by atoms with Gasteiger partial charge in [-0.25, -0.2) is 9.50 Å². The van der Waals surface area contributed by atoms with Crippen molar-refractivity contribution in [3.8, 4) is 5.88 Å². The fourth-order valence-electron chi connectivity index (χ4n) is 2.32. The minimum atomic E-state index is -0.152. The van der Waals surface area contributed by atoms with Gasteiger partial charge in [0.25, 0.3) is 0 Å². The summed E-state index contributed by atoms with van der Waals surface area (Å²) >= 11 is 0. The molecule has 0 aliphatic heterocycles. The highest BCUT2D eigenvalue weighted by molar-refractivity contribution is 5.55. The highest BCUT2D eigenvalue weighted by atomic mass is 16.5. The third-order valence-corrected chi connectivity index (χ3v) is 3.23. The van der Waals surface area contributed by atoms with E-state index in [0.29, 0.717) is 5.88 Å². The molecular weight excluding hydrogens is 268 g/mol. The van der Waals surface area contributed by atoms with Gasteiger partial charge in [0, 0.05) is 30.4 Å². The molecule has 0 bridgehead atoms. The monoisotopic (exact) mass is 284 g/mol. The van der Waals surface area contributed by atoms with E-state index >= 15 is 0 Å². The largest absolute Gasteiger partial charge is 0.480 e. The van der Waals surface area contributed by atoms with Gasteiger partial charge in [0.05, 0.1) is 31.1 Å². The molecular formula is C14H16N6O. The number of nitrogens with zero attached hydrogens (tertiary/aromatic N) is 5. The van der Waals surface area contributed by atoms with Crippen LogP contribution in [0.5, 0.6) is 5.88 Å². The lowest BCUT2D eigenvalue weighted by Crippen LogP contribution is -2.23. The fraction of sp³-hybridized carbons (Fsp3) is 0.286. The molecule has 0 saturated heterocycles. The van der Waals surface area contributed by atoms with Crippen molar-refractivity contribution in [1.82, 2.24) is 29.9 Å². The number of ether oxygens (including phenoxy) is 1. The molecule has 7 heteroatoms. The Morgan fingerprint density at radius 1 is 1.24 bits per heavy atom. The van der Waals surface area contributed by atoms with E-state index in [1.807, 2.05) is 19.3 Å². The van der Waals surface area contributed by atoms with Crippen LogP contribution in [0.1, 0.15) is 24.2 Å². The maximum atomic E-state index is 5.33. The zero-order valence-electron chi connectivity index (χ0n) is 11.9. The van der Waals surface area contributed by atoms with Gasteiger partial charge in [0.1, 0.15) is 5.69 Å². The first-order valence-electron chi connectivity index (χ1n) is 6.70. The standard InChI is InChI=1S/C14H16N6O/c1-3-16-12(13-14(21-2)18-5-4-17-13)10-8-19-20-7-6-15-9-11(10)20/h4-9,12,16H,3H2,1-2H3. The van der Waals surface area contributed by atoms with E-state index in [1.54, 1.807) is 36.4 Å². The van der Waals surface area contributed by atoms with Crippen molar-refractivity contribution in [1.29, 1.82) is 0 Å². The summed E-state index contributed by atoms with van der Waals surface area (Å²) in [6, 6.07) is -0.152. The van der Waals surface area contributed by atoms with Gasteiger partial charge in [-0.2, -0.15) is 5.10 Å². The lowest BCUT2D eigenvalue weighted by atomic mass is 10.1. The molecule has 0 fully saturated rings. The topological polar surface area (TPSA) is 77.2 Å². The summed E-state index contributed by atoms with van der Waals surface area (Å²) in [6.45, 7) is 2.82. The van der Waals surface area contributed by atoms with Crippen molar-refractivity contribution >= 4 is 5.52 Å². The van der Waals surface area contributed by atoms with E-state index in [2.05, 4.69) is 25.4 Å². The zero-order chi connectivity index (χ0) is 14.7. The Bertz CT molecular complexity index is 741. The second kappa shape index (κ2) is 5.84. The Kier molecular flexibility index (Phi) is 3.74. The van der Waals surface area contributed by atoms with Gasteiger partial charge < -0.3 is 10.1 Å². The summed E-state index contributed by atoms with van der Waals surface area (Å²) in [6.07, 6.45) is 10.4. The van der Waals surface area contributed by atoms with Crippen LogP contribution < -0.4 is 10.1 Å². The molecule has 7 nitrogen and oxygen atoms in total. The molecule has 0 radical (unpaired) electrons. The minimum Gasteiger partial charge on any atom is -0.480 e. The number of hydrogen-bond donors (Lipinski definition) is 1. The first-order valence-corrected chi connectivity index (χ1v) is 6.70. The normalized spacial score (nSPS) is 12.5. The molecule has 3 heterocycles. The summed E-state index contributed by atoms with van der Waals surface area (Å²) in [4.78, 5) is 12.8. The van der Waals surface area contributed by atoms with Gasteiger partial charge in [0.2, 0.25) is 5.88 Å². The average Bonchev–Trinajstić information content (AvgIpc) is 2.96. The van der Waals surface area contributed by atoms with Gasteiger partial charge in [-0.05, 0) is 6.54 Å². The quantitative estimate of drug-likeness (QED) is 0.759. The van der Waals surface area contributed by atoms with Gasteiger partial charge in [0.15, 0.2) is 0 Å². The Labute approximate surface area is 122 Å². The molecule has 0 amide bonds. The van der Waals surface area contributed by atoms with Crippen LogP contribution in [0.15, 0.2) is 37.2 Å². The Balaban J connectivity index is 2.13. The van der Waals surface area contributed by atoms with E-state index in [-0.39, 0.29) is 6.04 Å². The van der Waals surface area contributed by atoms with Crippen LogP contribution in [0.2, 0.25) is 0 Å². The molecule has 1 N–H and O–H groups in total. The third-order valence-electron chi connectivity index (χ3n) is 3.23. The summed E-state index contributed by atoms with van der Waals surface area (Å²) in [5.41, 5.74) is 2.65. The number of rotatable bonds is 5. The molecule has 0 aromatic carbocycles. The summed E-state index contributed by atoms with van der Waals surface area (Å²) in [5.74, 6) is 0.506. The van der Waals surface area contributed by atoms with Crippen molar-refractivity contribution in [2.24, 2.45) is 0 Å². The predicted molar refractivity (Wildman–Crippen MR) is 77.1 cm³/mol. The number of aromatic nitrogens is 5. The van der Waals surface area contributed by atoms with Gasteiger partial charge in [-0.15, -0.1) is 0 Å². The van der Waals surface area contributed by atoms with E-state index in [0.717, 1.165) is 23.3 Å². The van der Waals surface area contributed by atoms with Crippen LogP contribution in [0.4, 0.5) is 0 Å². The van der Waals surface area contributed by atoms with Crippen LogP contribution in [0.3, 0.4) is 0 Å². The molecule has 0 spiro atoms. The predicted octanol–water partition coefficient (Wildman–Crippen LogP) is 1.23. The molecule has 0 saturated carbocycles. The fourth-order valence-corrected chi connectivity index (χ4v) is 2.32. The summed E-state index contributed by atoms with van der Waals surface area (Å²) < 4.78 is 7.11. The molecule has 0 aliphatic carbocycles. The second-order valence-corrected chi connectivity index (χ2v) is 4.45. The highest BCUT2D eigenvalue weighted by Gasteiger charge is 2.23. The van der Waals surface area contributed by atoms with Gasteiger partial charge in [-0.1, -0.05) is 6.92 Å². The van der Waals surface area contributed by atoms with E-state index in [4.69, 9.17) is 4.74 Å². The number of hydrogen-bond acceptors (Lipinski definition) is 6. The molecule has 1 atom stereocenters. The van der Waals surface area contributed by atoms with Crippen LogP contribution in [-0.2, 0) is 0 Å². The number of methoxy groups -OCH3 is 1. The van der Waals surface area contributed by atoms with Crippen LogP contribution in [0.25, 0.3) is 5.52 Å².